The summed E-state index contributed by atoms with van der Waals surface area (Å²) in [6.45, 7) is 5.09. The molecule has 0 aromatic carbocycles. The molecule has 6 rings (SSSR count). The highest BCUT2D eigenvalue weighted by atomic mass is 19.1. The number of carbonyl (C=O) groups is 3. The molecule has 1 saturated heterocycles. The van der Waals surface area contributed by atoms with Crippen LogP contribution in [0.5, 0.6) is 0 Å². The van der Waals surface area contributed by atoms with Gasteiger partial charge < -0.3 is 24.1 Å². The average molecular weight is 621 g/mol. The number of ether oxygens (including phenoxy) is 4. The van der Waals surface area contributed by atoms with Crippen molar-refractivity contribution in [1.82, 2.24) is 9.55 Å². The third kappa shape index (κ3) is 4.06. The van der Waals surface area contributed by atoms with E-state index < -0.39 is 94.3 Å². The second-order valence-corrected chi connectivity index (χ2v) is 13.3. The quantitative estimate of drug-likeness (QED) is 0.369. The first-order valence-electron chi connectivity index (χ1n) is 14.5. The number of aliphatic hydroxyl groups is 1. The van der Waals surface area contributed by atoms with Gasteiger partial charge in [0.1, 0.15) is 0 Å². The van der Waals surface area contributed by atoms with Crippen LogP contribution in [0.3, 0.4) is 0 Å². The zero-order chi connectivity index (χ0) is 32.0. The Bertz CT molecular complexity index is 1630. The number of Topliss-reactive ketones (excluding diaryl/α,β-unsaturated/α-hetero) is 1. The van der Waals surface area contributed by atoms with Gasteiger partial charge in [0.15, 0.2) is 36.2 Å². The van der Waals surface area contributed by atoms with Gasteiger partial charge in [-0.3, -0.25) is 23.9 Å². The number of aromatic amines is 1. The largest absolute Gasteiger partial charge is 0.510 e. The van der Waals surface area contributed by atoms with E-state index in [4.69, 9.17) is 18.9 Å². The summed E-state index contributed by atoms with van der Waals surface area (Å²) in [5.41, 5.74) is -7.85. The Balaban J connectivity index is 1.26. The van der Waals surface area contributed by atoms with Gasteiger partial charge in [-0.2, -0.15) is 4.39 Å². The van der Waals surface area contributed by atoms with Crippen LogP contribution in [0.25, 0.3) is 0 Å². The molecule has 5 aliphatic rings. The van der Waals surface area contributed by atoms with Crippen LogP contribution in [0.15, 0.2) is 39.6 Å². The van der Waals surface area contributed by atoms with Gasteiger partial charge in [0, 0.05) is 23.2 Å². The Morgan fingerprint density at radius 3 is 2.61 bits per heavy atom. The third-order valence-corrected chi connectivity index (χ3v) is 10.6. The fraction of sp³-hybridized carbons (Fsp3) is 0.633. The molecule has 0 radical (unpaired) electrons. The highest BCUT2D eigenvalue weighted by Gasteiger charge is 2.80. The number of nitrogens with zero attached hydrogens (tertiary/aromatic N) is 1. The molecule has 4 unspecified atom stereocenters. The zero-order valence-electron chi connectivity index (χ0n) is 24.7. The lowest BCUT2D eigenvalue weighted by molar-refractivity contribution is -0.243. The summed E-state index contributed by atoms with van der Waals surface area (Å²) in [4.78, 5) is 63.3. The van der Waals surface area contributed by atoms with E-state index in [9.17, 15) is 33.5 Å². The van der Waals surface area contributed by atoms with Crippen molar-refractivity contribution in [3.05, 3.63) is 56.7 Å². The van der Waals surface area contributed by atoms with Crippen molar-refractivity contribution in [2.75, 3.05) is 6.61 Å². The van der Waals surface area contributed by atoms with Gasteiger partial charge in [0.2, 0.25) is 11.6 Å². The molecule has 1 aliphatic heterocycles. The van der Waals surface area contributed by atoms with Crippen molar-refractivity contribution in [2.24, 2.45) is 22.7 Å². The van der Waals surface area contributed by atoms with E-state index in [0.29, 0.717) is 16.3 Å². The Kier molecular flexibility index (Phi) is 6.77. The molecule has 1 aromatic rings. The number of hydrogen-bond donors (Lipinski definition) is 2. The molecule has 238 valence electrons. The molecule has 12 nitrogen and oxygen atoms in total. The summed E-state index contributed by atoms with van der Waals surface area (Å²) in [5.74, 6) is -4.54. The molecule has 14 heteroatoms. The van der Waals surface area contributed by atoms with Crippen LogP contribution < -0.4 is 11.2 Å². The molecule has 0 amide bonds. The number of aromatic nitrogens is 2. The fourth-order valence-corrected chi connectivity index (χ4v) is 8.69. The molecular weight excluding hydrogens is 586 g/mol. The Morgan fingerprint density at radius 2 is 1.89 bits per heavy atom. The second kappa shape index (κ2) is 9.75. The summed E-state index contributed by atoms with van der Waals surface area (Å²) < 4.78 is 54.1. The van der Waals surface area contributed by atoms with E-state index in [1.807, 2.05) is 6.08 Å². The highest BCUT2D eigenvalue weighted by Crippen LogP contribution is 2.71. The number of fused-ring (bicyclic) bond motifs is 7. The standard InChI is InChI=1S/C30H34F2N2O10/c1-26(2)43-22-10-18-17-6-5-15-9-16(35)7-8-27(15,3)29(17,32)20(36)11-28(18,4)30(22,44-26)21(37)13-41-25(40)42-14-34-12-19(31)23(38)33-24(34)39/h5,7-8,12,17-18,20,22,36H,6,9-11,13-14H2,1-4H3,(H,33,38,39)/t17?,18?,20-,22+,27?,28?,29-,30+/m0/s1. The van der Waals surface area contributed by atoms with Crippen molar-refractivity contribution in [3.63, 3.8) is 0 Å². The van der Waals surface area contributed by atoms with Crippen molar-refractivity contribution in [2.45, 2.75) is 89.4 Å². The molecule has 2 N–H and O–H groups in total. The van der Waals surface area contributed by atoms with E-state index in [1.165, 1.54) is 6.08 Å². The first kappa shape index (κ1) is 30.5. The van der Waals surface area contributed by atoms with Gasteiger partial charge >= 0.3 is 11.8 Å². The number of ketones is 2. The van der Waals surface area contributed by atoms with Crippen LogP contribution in [0.1, 0.15) is 53.4 Å². The SMILES string of the molecule is CC1(C)O[C@@H]2CC3C4CC=C5CC(=O)C=CC5(C)[C@@]4(F)[C@@H](O)CC3(C)[C@]2(C(=O)COC(=O)OCn2cc(F)c(=O)[nH]c2=O)O1. The van der Waals surface area contributed by atoms with Crippen molar-refractivity contribution in [3.8, 4) is 0 Å². The number of carbonyl (C=O) groups excluding carboxylic acids is 3. The highest BCUT2D eigenvalue weighted by molar-refractivity contribution is 5.94. The summed E-state index contributed by atoms with van der Waals surface area (Å²) >= 11 is 0. The number of rotatable bonds is 5. The lowest BCUT2D eigenvalue weighted by atomic mass is 9.45. The maximum Gasteiger partial charge on any atom is 0.510 e. The number of nitrogens with one attached hydrogen (secondary N) is 1. The van der Waals surface area contributed by atoms with Crippen molar-refractivity contribution >= 4 is 17.7 Å². The van der Waals surface area contributed by atoms with Crippen LogP contribution in [-0.2, 0) is 35.3 Å². The summed E-state index contributed by atoms with van der Waals surface area (Å²) in [6, 6.07) is 0. The number of alkyl halides is 1. The molecule has 0 bridgehead atoms. The maximum absolute atomic E-state index is 17.5. The third-order valence-electron chi connectivity index (χ3n) is 10.6. The topological polar surface area (TPSA) is 163 Å². The second-order valence-electron chi connectivity index (χ2n) is 13.3. The van der Waals surface area contributed by atoms with Gasteiger partial charge in [-0.15, -0.1) is 0 Å². The van der Waals surface area contributed by atoms with Crippen molar-refractivity contribution in [1.29, 1.82) is 0 Å². The number of hydrogen-bond acceptors (Lipinski definition) is 10. The predicted molar refractivity (Wildman–Crippen MR) is 145 cm³/mol. The minimum absolute atomic E-state index is 0.0741. The molecule has 1 aromatic heterocycles. The van der Waals surface area contributed by atoms with E-state index in [1.54, 1.807) is 38.8 Å². The van der Waals surface area contributed by atoms with Gasteiger partial charge in [-0.25, -0.2) is 14.0 Å². The number of H-pyrrole nitrogens is 1. The van der Waals surface area contributed by atoms with Crippen LogP contribution in [0, 0.1) is 28.5 Å². The van der Waals surface area contributed by atoms with E-state index >= 15 is 4.39 Å². The average Bonchev–Trinajstić information content (AvgIpc) is 3.35. The molecule has 2 heterocycles. The molecular formula is C30H34F2N2O10. The molecule has 8 atom stereocenters. The van der Waals surface area contributed by atoms with Crippen LogP contribution in [0.2, 0.25) is 0 Å². The number of aliphatic hydroxyl groups excluding tert-OH is 1. The first-order valence-corrected chi connectivity index (χ1v) is 14.5. The minimum Gasteiger partial charge on any atom is -0.426 e. The zero-order valence-corrected chi connectivity index (χ0v) is 24.7. The van der Waals surface area contributed by atoms with Crippen LogP contribution in [0.4, 0.5) is 13.6 Å². The lowest BCUT2D eigenvalue weighted by Gasteiger charge is -2.62. The predicted octanol–water partition coefficient (Wildman–Crippen LogP) is 2.23. The first-order chi connectivity index (χ1) is 20.5. The monoisotopic (exact) mass is 620 g/mol. The Morgan fingerprint density at radius 1 is 1.16 bits per heavy atom. The van der Waals surface area contributed by atoms with Gasteiger partial charge in [-0.05, 0) is 52.0 Å². The number of allylic oxidation sites excluding steroid dienone is 4. The van der Waals surface area contributed by atoms with Gasteiger partial charge in [0.05, 0.1) is 18.4 Å². The van der Waals surface area contributed by atoms with E-state index in [-0.39, 0.29) is 31.5 Å². The van der Waals surface area contributed by atoms with E-state index in [0.717, 1.165) is 0 Å². The van der Waals surface area contributed by atoms with Crippen LogP contribution in [-0.4, -0.2) is 68.3 Å². The maximum atomic E-state index is 17.5. The Hall–Kier alpha value is -3.49. The summed E-state index contributed by atoms with van der Waals surface area (Å²) in [6.07, 6.45) is 1.99. The van der Waals surface area contributed by atoms with Gasteiger partial charge in [0.25, 0.3) is 5.56 Å². The van der Waals surface area contributed by atoms with Crippen LogP contribution >= 0.6 is 0 Å². The van der Waals surface area contributed by atoms with E-state index in [2.05, 4.69) is 0 Å². The normalized spacial score (nSPS) is 39.9. The molecule has 3 fully saturated rings. The molecule has 2 saturated carbocycles. The molecule has 4 aliphatic carbocycles. The minimum atomic E-state index is -2.13. The van der Waals surface area contributed by atoms with Gasteiger partial charge in [-0.1, -0.05) is 24.6 Å². The summed E-state index contributed by atoms with van der Waals surface area (Å²) in [7, 11) is 0. The molecule has 44 heavy (non-hydrogen) atoms. The molecule has 0 spiro atoms. The number of halogens is 2. The summed E-state index contributed by atoms with van der Waals surface area (Å²) in [5, 5.41) is 11.6. The lowest BCUT2D eigenvalue weighted by Crippen LogP contribution is -2.69. The van der Waals surface area contributed by atoms with Crippen molar-refractivity contribution < 1.29 is 47.2 Å². The fourth-order valence-electron chi connectivity index (χ4n) is 8.69. The Labute approximate surface area is 250 Å². The smallest absolute Gasteiger partial charge is 0.426 e.